The van der Waals surface area contributed by atoms with E-state index in [0.29, 0.717) is 24.2 Å². The van der Waals surface area contributed by atoms with E-state index in [4.69, 9.17) is 11.6 Å². The lowest BCUT2D eigenvalue weighted by Gasteiger charge is -2.20. The number of alkyl halides is 1. The molecule has 0 aliphatic carbocycles. The molecule has 1 saturated heterocycles. The van der Waals surface area contributed by atoms with Gasteiger partial charge < -0.3 is 10.2 Å². The number of carbonyl (C=O) groups is 2. The average Bonchev–Trinajstić information content (AvgIpc) is 2.67. The van der Waals surface area contributed by atoms with E-state index in [-0.39, 0.29) is 23.2 Å². The summed E-state index contributed by atoms with van der Waals surface area (Å²) in [4.78, 5) is 25.6. The third-order valence-corrected chi connectivity index (χ3v) is 3.23. The van der Waals surface area contributed by atoms with Crippen molar-refractivity contribution in [1.29, 1.82) is 0 Å². The zero-order chi connectivity index (χ0) is 14.0. The highest BCUT2D eigenvalue weighted by Crippen LogP contribution is 2.27. The van der Waals surface area contributed by atoms with Crippen LogP contribution < -0.4 is 10.2 Å². The van der Waals surface area contributed by atoms with Crippen LogP contribution in [0.15, 0.2) is 24.3 Å². The number of anilines is 1. The molecular formula is C14H17ClN2O2. The van der Waals surface area contributed by atoms with Gasteiger partial charge in [-0.1, -0.05) is 12.1 Å². The molecule has 4 nitrogen and oxygen atoms in total. The largest absolute Gasteiger partial charge is 0.350 e. The van der Waals surface area contributed by atoms with Crippen LogP contribution in [0.4, 0.5) is 5.69 Å². The molecule has 1 aliphatic rings. The number of rotatable bonds is 3. The monoisotopic (exact) mass is 280 g/mol. The topological polar surface area (TPSA) is 49.4 Å². The maximum absolute atomic E-state index is 12.1. The minimum Gasteiger partial charge on any atom is -0.350 e. The predicted molar refractivity (Wildman–Crippen MR) is 75.7 cm³/mol. The standard InChI is InChI=1S/C14H17ClN2O2/c1-9(2)16-14(19)11-5-3-4-6-12(11)17-8-10(15)7-13(17)18/h3-6,9-10H,7-8H2,1-2H3,(H,16,19). The van der Waals surface area contributed by atoms with E-state index in [0.717, 1.165) is 0 Å². The summed E-state index contributed by atoms with van der Waals surface area (Å²) in [6.07, 6.45) is 0.321. The summed E-state index contributed by atoms with van der Waals surface area (Å²) in [5.41, 5.74) is 1.14. The summed E-state index contributed by atoms with van der Waals surface area (Å²) in [5, 5.41) is 2.65. The molecule has 1 aliphatic heterocycles. The lowest BCUT2D eigenvalue weighted by molar-refractivity contribution is -0.117. The molecule has 102 valence electrons. The maximum atomic E-state index is 12.1. The minimum absolute atomic E-state index is 0.0372. The third-order valence-electron chi connectivity index (χ3n) is 2.94. The van der Waals surface area contributed by atoms with Gasteiger partial charge in [-0.05, 0) is 26.0 Å². The van der Waals surface area contributed by atoms with Crippen LogP contribution in [0.5, 0.6) is 0 Å². The fourth-order valence-corrected chi connectivity index (χ4v) is 2.41. The van der Waals surface area contributed by atoms with Crippen molar-refractivity contribution in [3.63, 3.8) is 0 Å². The Labute approximate surface area is 117 Å². The van der Waals surface area contributed by atoms with Crippen molar-refractivity contribution < 1.29 is 9.59 Å². The molecule has 1 atom stereocenters. The fourth-order valence-electron chi connectivity index (χ4n) is 2.14. The van der Waals surface area contributed by atoms with Crippen molar-refractivity contribution in [1.82, 2.24) is 5.32 Å². The highest BCUT2D eigenvalue weighted by Gasteiger charge is 2.31. The molecule has 1 fully saturated rings. The van der Waals surface area contributed by atoms with Gasteiger partial charge in [0.2, 0.25) is 5.91 Å². The fraction of sp³-hybridized carbons (Fsp3) is 0.429. The van der Waals surface area contributed by atoms with Crippen molar-refractivity contribution in [3.8, 4) is 0 Å². The Morgan fingerprint density at radius 3 is 2.68 bits per heavy atom. The molecule has 5 heteroatoms. The molecule has 0 aromatic heterocycles. The van der Waals surface area contributed by atoms with Gasteiger partial charge in [0.05, 0.1) is 16.6 Å². The Hall–Kier alpha value is -1.55. The van der Waals surface area contributed by atoms with Gasteiger partial charge in [0.25, 0.3) is 5.91 Å². The summed E-state index contributed by atoms with van der Waals surface area (Å²) in [6, 6.07) is 7.16. The number of amides is 2. The van der Waals surface area contributed by atoms with E-state index in [1.54, 1.807) is 23.1 Å². The zero-order valence-corrected chi connectivity index (χ0v) is 11.8. The molecule has 0 bridgehead atoms. The molecule has 1 aromatic carbocycles. The van der Waals surface area contributed by atoms with Crippen LogP contribution in [0.3, 0.4) is 0 Å². The average molecular weight is 281 g/mol. The van der Waals surface area contributed by atoms with E-state index >= 15 is 0 Å². The smallest absolute Gasteiger partial charge is 0.253 e. The molecule has 0 spiro atoms. The first-order chi connectivity index (χ1) is 8.99. The Balaban J connectivity index is 2.31. The van der Waals surface area contributed by atoms with Crippen LogP contribution in [-0.2, 0) is 4.79 Å². The van der Waals surface area contributed by atoms with Gasteiger partial charge in [-0.15, -0.1) is 11.6 Å². The molecule has 2 rings (SSSR count). The van der Waals surface area contributed by atoms with Gasteiger partial charge in [0.1, 0.15) is 0 Å². The zero-order valence-electron chi connectivity index (χ0n) is 11.0. The third kappa shape index (κ3) is 3.07. The van der Waals surface area contributed by atoms with E-state index in [1.807, 2.05) is 19.9 Å². The van der Waals surface area contributed by atoms with E-state index < -0.39 is 0 Å². The van der Waals surface area contributed by atoms with Gasteiger partial charge in [-0.25, -0.2) is 0 Å². The Kier molecular flexibility index (Phi) is 4.10. The summed E-state index contributed by atoms with van der Waals surface area (Å²) >= 11 is 6.00. The van der Waals surface area contributed by atoms with E-state index in [2.05, 4.69) is 5.32 Å². The SMILES string of the molecule is CC(C)NC(=O)c1ccccc1N1CC(Cl)CC1=O. The number of hydrogen-bond donors (Lipinski definition) is 1. The number of hydrogen-bond acceptors (Lipinski definition) is 2. The first-order valence-corrected chi connectivity index (χ1v) is 6.77. The molecular weight excluding hydrogens is 264 g/mol. The van der Waals surface area contributed by atoms with Crippen LogP contribution in [0.25, 0.3) is 0 Å². The maximum Gasteiger partial charge on any atom is 0.253 e. The van der Waals surface area contributed by atoms with Crippen LogP contribution in [0, 0.1) is 0 Å². The minimum atomic E-state index is -0.186. The van der Waals surface area contributed by atoms with Crippen molar-refractivity contribution in [2.24, 2.45) is 0 Å². The summed E-state index contributed by atoms with van der Waals surface area (Å²) in [5.74, 6) is -0.207. The lowest BCUT2D eigenvalue weighted by Crippen LogP contribution is -2.33. The van der Waals surface area contributed by atoms with Gasteiger partial charge in [0.15, 0.2) is 0 Å². The molecule has 1 unspecified atom stereocenters. The highest BCUT2D eigenvalue weighted by atomic mass is 35.5. The normalized spacial score (nSPS) is 19.1. The molecule has 2 amide bonds. The number of benzene rings is 1. The highest BCUT2D eigenvalue weighted by molar-refractivity contribution is 6.24. The Morgan fingerprint density at radius 1 is 1.42 bits per heavy atom. The first kappa shape index (κ1) is 13.9. The van der Waals surface area contributed by atoms with Crippen molar-refractivity contribution in [2.45, 2.75) is 31.7 Å². The van der Waals surface area contributed by atoms with E-state index in [1.165, 1.54) is 0 Å². The van der Waals surface area contributed by atoms with Crippen molar-refractivity contribution in [2.75, 3.05) is 11.4 Å². The Bertz CT molecular complexity index is 502. The van der Waals surface area contributed by atoms with Gasteiger partial charge in [-0.3, -0.25) is 9.59 Å². The second-order valence-corrected chi connectivity index (χ2v) is 5.57. The summed E-state index contributed by atoms with van der Waals surface area (Å²) in [6.45, 7) is 4.25. The van der Waals surface area contributed by atoms with E-state index in [9.17, 15) is 9.59 Å². The second-order valence-electron chi connectivity index (χ2n) is 4.95. The molecule has 1 heterocycles. The summed E-state index contributed by atoms with van der Waals surface area (Å²) in [7, 11) is 0. The van der Waals surface area contributed by atoms with Gasteiger partial charge in [0, 0.05) is 19.0 Å². The Morgan fingerprint density at radius 2 is 2.11 bits per heavy atom. The lowest BCUT2D eigenvalue weighted by atomic mass is 10.1. The summed E-state index contributed by atoms with van der Waals surface area (Å²) < 4.78 is 0. The molecule has 1 aromatic rings. The number of para-hydroxylation sites is 1. The van der Waals surface area contributed by atoms with Crippen LogP contribution in [-0.4, -0.2) is 29.8 Å². The predicted octanol–water partition coefficient (Wildman–Crippen LogP) is 2.17. The molecule has 0 radical (unpaired) electrons. The van der Waals surface area contributed by atoms with Crippen molar-refractivity contribution in [3.05, 3.63) is 29.8 Å². The van der Waals surface area contributed by atoms with Gasteiger partial charge >= 0.3 is 0 Å². The quantitative estimate of drug-likeness (QED) is 0.863. The molecule has 19 heavy (non-hydrogen) atoms. The van der Waals surface area contributed by atoms with Crippen LogP contribution >= 0.6 is 11.6 Å². The van der Waals surface area contributed by atoms with Crippen molar-refractivity contribution >= 4 is 29.1 Å². The number of nitrogens with zero attached hydrogens (tertiary/aromatic N) is 1. The number of carbonyl (C=O) groups excluding carboxylic acids is 2. The van der Waals surface area contributed by atoms with Crippen LogP contribution in [0.2, 0.25) is 0 Å². The van der Waals surface area contributed by atoms with Gasteiger partial charge in [-0.2, -0.15) is 0 Å². The second kappa shape index (κ2) is 5.61. The molecule has 0 saturated carbocycles. The number of halogens is 1. The number of nitrogens with one attached hydrogen (secondary N) is 1. The van der Waals surface area contributed by atoms with Crippen LogP contribution in [0.1, 0.15) is 30.6 Å². The molecule has 1 N–H and O–H groups in total. The first-order valence-electron chi connectivity index (χ1n) is 6.33.